The number of likely N-dealkylation sites (tertiary alicyclic amines) is 1. The van der Waals surface area contributed by atoms with Crippen molar-refractivity contribution in [3.63, 3.8) is 0 Å². The fourth-order valence-corrected chi connectivity index (χ4v) is 3.47. The van der Waals surface area contributed by atoms with Crippen molar-refractivity contribution >= 4 is 23.2 Å². The van der Waals surface area contributed by atoms with Crippen LogP contribution in [0.2, 0.25) is 0 Å². The van der Waals surface area contributed by atoms with Gasteiger partial charge in [0.05, 0.1) is 6.42 Å². The zero-order valence-electron chi connectivity index (χ0n) is 11.3. The lowest BCUT2D eigenvalue weighted by Gasteiger charge is -2.44. The highest BCUT2D eigenvalue weighted by Gasteiger charge is 2.44. The summed E-state index contributed by atoms with van der Waals surface area (Å²) >= 11 is 1.55. The van der Waals surface area contributed by atoms with Gasteiger partial charge in [0, 0.05) is 6.54 Å². The lowest BCUT2D eigenvalue weighted by molar-refractivity contribution is -0.158. The number of hydrogen-bond acceptors (Lipinski definition) is 3. The zero-order valence-corrected chi connectivity index (χ0v) is 12.1. The highest BCUT2D eigenvalue weighted by atomic mass is 32.1. The highest BCUT2D eigenvalue weighted by molar-refractivity contribution is 7.07. The maximum Gasteiger partial charge on any atom is 0.326 e. The number of carboxylic acids is 1. The molecule has 19 heavy (non-hydrogen) atoms. The van der Waals surface area contributed by atoms with Crippen LogP contribution in [0.5, 0.6) is 0 Å². The molecule has 1 atom stereocenters. The van der Waals surface area contributed by atoms with Gasteiger partial charge < -0.3 is 10.0 Å². The Labute approximate surface area is 117 Å². The first-order valence-electron chi connectivity index (χ1n) is 6.45. The first-order valence-corrected chi connectivity index (χ1v) is 7.39. The van der Waals surface area contributed by atoms with Gasteiger partial charge in [-0.2, -0.15) is 11.3 Å². The van der Waals surface area contributed by atoms with E-state index in [2.05, 4.69) is 0 Å². The van der Waals surface area contributed by atoms with Gasteiger partial charge in [0.25, 0.3) is 0 Å². The monoisotopic (exact) mass is 281 g/mol. The number of thiophene rings is 1. The molecule has 1 aromatic rings. The molecule has 2 rings (SSSR count). The van der Waals surface area contributed by atoms with Crippen LogP contribution < -0.4 is 0 Å². The molecule has 0 aliphatic carbocycles. The standard InChI is InChI=1S/C14H19NO3S/c1-14(2)5-3-6-15(12(14)13(17)18)11(16)8-10-4-7-19-9-10/h4,7,9,12H,3,5-6,8H2,1-2H3,(H,17,18). The molecule has 5 heteroatoms. The second-order valence-corrected chi connectivity index (χ2v) is 6.51. The lowest BCUT2D eigenvalue weighted by atomic mass is 9.76. The van der Waals surface area contributed by atoms with Crippen LogP contribution in [0.3, 0.4) is 0 Å². The van der Waals surface area contributed by atoms with Crippen LogP contribution in [-0.4, -0.2) is 34.5 Å². The summed E-state index contributed by atoms with van der Waals surface area (Å²) in [5.74, 6) is -0.984. The molecule has 104 valence electrons. The average Bonchev–Trinajstić information content (AvgIpc) is 2.79. The van der Waals surface area contributed by atoms with Gasteiger partial charge in [-0.05, 0) is 40.6 Å². The molecular formula is C14H19NO3S. The molecule has 4 nitrogen and oxygen atoms in total. The molecule has 0 aromatic carbocycles. The Morgan fingerprint density at radius 1 is 1.53 bits per heavy atom. The van der Waals surface area contributed by atoms with Crippen molar-refractivity contribution in [1.82, 2.24) is 4.90 Å². The van der Waals surface area contributed by atoms with Crippen molar-refractivity contribution < 1.29 is 14.7 Å². The van der Waals surface area contributed by atoms with Gasteiger partial charge in [-0.3, -0.25) is 4.79 Å². The molecule has 1 saturated heterocycles. The number of aliphatic carboxylic acids is 1. The van der Waals surface area contributed by atoms with Crippen molar-refractivity contribution in [3.05, 3.63) is 22.4 Å². The van der Waals surface area contributed by atoms with Gasteiger partial charge in [-0.25, -0.2) is 4.79 Å². The van der Waals surface area contributed by atoms with Crippen LogP contribution in [0, 0.1) is 5.41 Å². The first-order chi connectivity index (χ1) is 8.92. The lowest BCUT2D eigenvalue weighted by Crippen LogP contribution is -2.56. The summed E-state index contributed by atoms with van der Waals surface area (Å²) in [5.41, 5.74) is 0.594. The molecule has 0 bridgehead atoms. The number of carbonyl (C=O) groups excluding carboxylic acids is 1. The Hall–Kier alpha value is -1.36. The third kappa shape index (κ3) is 2.97. The first kappa shape index (κ1) is 14.1. The quantitative estimate of drug-likeness (QED) is 0.925. The Kier molecular flexibility index (Phi) is 3.94. The van der Waals surface area contributed by atoms with Crippen LogP contribution in [0.1, 0.15) is 32.3 Å². The largest absolute Gasteiger partial charge is 0.480 e. The van der Waals surface area contributed by atoms with Crippen LogP contribution in [0.15, 0.2) is 16.8 Å². The van der Waals surface area contributed by atoms with E-state index in [1.165, 1.54) is 0 Å². The van der Waals surface area contributed by atoms with Crippen molar-refractivity contribution in [3.8, 4) is 0 Å². The van der Waals surface area contributed by atoms with E-state index in [0.29, 0.717) is 13.0 Å². The summed E-state index contributed by atoms with van der Waals surface area (Å²) in [6, 6.07) is 1.19. The van der Waals surface area contributed by atoms with E-state index in [0.717, 1.165) is 18.4 Å². The summed E-state index contributed by atoms with van der Waals surface area (Å²) in [7, 11) is 0. The summed E-state index contributed by atoms with van der Waals surface area (Å²) in [6.07, 6.45) is 2.00. The SMILES string of the molecule is CC1(C)CCCN(C(=O)Cc2ccsc2)C1C(=O)O. The number of rotatable bonds is 3. The number of piperidine rings is 1. The molecular weight excluding hydrogens is 262 g/mol. The molecule has 2 heterocycles. The van der Waals surface area contributed by atoms with Crippen molar-refractivity contribution in [2.45, 2.75) is 39.2 Å². The number of carboxylic acid groups (broad SMARTS) is 1. The van der Waals surface area contributed by atoms with E-state index in [1.54, 1.807) is 16.2 Å². The minimum Gasteiger partial charge on any atom is -0.480 e. The molecule has 0 spiro atoms. The second-order valence-electron chi connectivity index (χ2n) is 5.73. The van der Waals surface area contributed by atoms with E-state index < -0.39 is 12.0 Å². The zero-order chi connectivity index (χ0) is 14.0. The molecule has 0 radical (unpaired) electrons. The Morgan fingerprint density at radius 2 is 2.26 bits per heavy atom. The van der Waals surface area contributed by atoms with Gasteiger partial charge in [0.1, 0.15) is 6.04 Å². The molecule has 1 fully saturated rings. The smallest absolute Gasteiger partial charge is 0.326 e. The van der Waals surface area contributed by atoms with Gasteiger partial charge >= 0.3 is 5.97 Å². The van der Waals surface area contributed by atoms with Gasteiger partial charge in [-0.15, -0.1) is 0 Å². The van der Waals surface area contributed by atoms with Crippen molar-refractivity contribution in [1.29, 1.82) is 0 Å². The molecule has 1 aliphatic rings. The van der Waals surface area contributed by atoms with Gasteiger partial charge in [-0.1, -0.05) is 13.8 Å². The van der Waals surface area contributed by atoms with E-state index in [4.69, 9.17) is 0 Å². The van der Waals surface area contributed by atoms with Crippen LogP contribution in [0.4, 0.5) is 0 Å². The molecule has 0 saturated carbocycles. The normalized spacial score (nSPS) is 22.2. The fourth-order valence-electron chi connectivity index (χ4n) is 2.80. The van der Waals surface area contributed by atoms with Crippen LogP contribution in [0.25, 0.3) is 0 Å². The molecule has 1 aliphatic heterocycles. The minimum atomic E-state index is -0.900. The molecule has 1 aromatic heterocycles. The van der Waals surface area contributed by atoms with E-state index in [-0.39, 0.29) is 11.3 Å². The van der Waals surface area contributed by atoms with E-state index >= 15 is 0 Å². The Morgan fingerprint density at radius 3 is 2.84 bits per heavy atom. The maximum atomic E-state index is 12.3. The number of carbonyl (C=O) groups is 2. The topological polar surface area (TPSA) is 57.6 Å². The summed E-state index contributed by atoms with van der Waals surface area (Å²) in [5, 5.41) is 13.3. The number of hydrogen-bond donors (Lipinski definition) is 1. The number of nitrogens with zero attached hydrogens (tertiary/aromatic N) is 1. The second kappa shape index (κ2) is 5.33. The van der Waals surface area contributed by atoms with Crippen molar-refractivity contribution in [2.75, 3.05) is 6.54 Å². The predicted octanol–water partition coefficient (Wildman–Crippen LogP) is 2.39. The average molecular weight is 281 g/mol. The third-order valence-electron chi connectivity index (χ3n) is 3.76. The maximum absolute atomic E-state index is 12.3. The highest BCUT2D eigenvalue weighted by Crippen LogP contribution is 2.35. The summed E-state index contributed by atoms with van der Waals surface area (Å²) in [4.78, 5) is 25.4. The Balaban J connectivity index is 2.16. The Bertz CT molecular complexity index is 467. The minimum absolute atomic E-state index is 0.0847. The fraction of sp³-hybridized carbons (Fsp3) is 0.571. The van der Waals surface area contributed by atoms with Gasteiger partial charge in [0.15, 0.2) is 0 Å². The van der Waals surface area contributed by atoms with E-state index in [9.17, 15) is 14.7 Å². The van der Waals surface area contributed by atoms with Crippen LogP contribution >= 0.6 is 11.3 Å². The van der Waals surface area contributed by atoms with Crippen molar-refractivity contribution in [2.24, 2.45) is 5.41 Å². The van der Waals surface area contributed by atoms with E-state index in [1.807, 2.05) is 30.7 Å². The summed E-state index contributed by atoms with van der Waals surface area (Å²) < 4.78 is 0. The molecule has 1 N–H and O–H groups in total. The van der Waals surface area contributed by atoms with Crippen LogP contribution in [-0.2, 0) is 16.0 Å². The summed E-state index contributed by atoms with van der Waals surface area (Å²) in [6.45, 7) is 4.40. The predicted molar refractivity (Wildman–Crippen MR) is 74.2 cm³/mol. The number of amides is 1. The third-order valence-corrected chi connectivity index (χ3v) is 4.49. The molecule has 1 amide bonds. The molecule has 1 unspecified atom stereocenters. The van der Waals surface area contributed by atoms with Gasteiger partial charge in [0.2, 0.25) is 5.91 Å².